The fourth-order valence-electron chi connectivity index (χ4n) is 1.19. The Morgan fingerprint density at radius 3 is 1.11 bits per heavy atom. The fourth-order valence-corrected chi connectivity index (χ4v) is 1.19. The molecule has 2 N–H and O–H groups in total. The standard InChI is InChI=1S/2C7H8N.2ClH.Pd/c2*8-6-7-4-2-1-3-5-7;;;/h2*1-5,8H,6H2;2*1H;/q2*-1;;;+2/p-2. The molecule has 0 saturated carbocycles. The third-order valence-corrected chi connectivity index (χ3v) is 2.09. The summed E-state index contributed by atoms with van der Waals surface area (Å²) in [5.74, 6) is 0. The average Bonchev–Trinajstić information content (AvgIpc) is 2.50. The minimum Gasteiger partial charge on any atom is -0.674 e. The topological polar surface area (TPSA) is 47.6 Å². The zero-order valence-corrected chi connectivity index (χ0v) is 13.3. The van der Waals surface area contributed by atoms with Crippen molar-refractivity contribution in [3.8, 4) is 0 Å². The first-order chi connectivity index (χ1) is 9.28. The summed E-state index contributed by atoms with van der Waals surface area (Å²) in [6.45, 7) is 0.779. The molecule has 2 nitrogen and oxygen atoms in total. The van der Waals surface area contributed by atoms with E-state index in [0.717, 1.165) is 11.1 Å². The van der Waals surface area contributed by atoms with Crippen molar-refractivity contribution < 1.29 is 15.9 Å². The maximum absolute atomic E-state index is 6.94. The van der Waals surface area contributed by atoms with Crippen molar-refractivity contribution in [1.82, 2.24) is 0 Å². The Morgan fingerprint density at radius 2 is 0.947 bits per heavy atom. The molecule has 0 unspecified atom stereocenters. The normalized spacial score (nSPS) is 8.84. The van der Waals surface area contributed by atoms with Gasteiger partial charge in [-0.15, -0.1) is 13.1 Å². The van der Waals surface area contributed by atoms with Gasteiger partial charge in [0, 0.05) is 0 Å². The van der Waals surface area contributed by atoms with E-state index < -0.39 is 0 Å². The molecule has 0 aliphatic rings. The summed E-state index contributed by atoms with van der Waals surface area (Å²) in [6, 6.07) is 19.5. The minimum absolute atomic E-state index is 0.106. The monoisotopic (exact) mass is 388 g/mol. The van der Waals surface area contributed by atoms with E-state index in [1.54, 1.807) is 0 Å². The van der Waals surface area contributed by atoms with Gasteiger partial charge >= 0.3 is 35.0 Å². The Morgan fingerprint density at radius 1 is 0.684 bits per heavy atom. The molecular formula is C14H16Cl2N2Pd-2. The van der Waals surface area contributed by atoms with Crippen molar-refractivity contribution in [3.63, 3.8) is 0 Å². The molecule has 0 aliphatic carbocycles. The van der Waals surface area contributed by atoms with E-state index in [-0.39, 0.29) is 15.9 Å². The Balaban J connectivity index is 0.000000284. The second kappa shape index (κ2) is 14.0. The molecule has 0 saturated heterocycles. The van der Waals surface area contributed by atoms with Gasteiger partial charge in [0.25, 0.3) is 0 Å². The zero-order valence-electron chi connectivity index (χ0n) is 10.3. The van der Waals surface area contributed by atoms with Crippen LogP contribution in [-0.4, -0.2) is 0 Å². The summed E-state index contributed by atoms with van der Waals surface area (Å²) in [7, 11) is 9.63. The fraction of sp³-hybridized carbons (Fsp3) is 0.143. The number of hydrogen-bond donors (Lipinski definition) is 0. The molecule has 2 rings (SSSR count). The van der Waals surface area contributed by atoms with Crippen molar-refractivity contribution >= 4 is 19.1 Å². The number of hydrogen-bond acceptors (Lipinski definition) is 0. The van der Waals surface area contributed by atoms with Gasteiger partial charge in [-0.2, -0.15) is 0 Å². The van der Waals surface area contributed by atoms with E-state index in [2.05, 4.69) is 0 Å². The van der Waals surface area contributed by atoms with Crippen LogP contribution in [0.1, 0.15) is 11.1 Å². The molecule has 0 heterocycles. The molecule has 0 amide bonds. The second-order valence-corrected chi connectivity index (χ2v) is 5.73. The summed E-state index contributed by atoms with van der Waals surface area (Å²) in [5.41, 5.74) is 16.0. The van der Waals surface area contributed by atoms with Crippen molar-refractivity contribution in [2.24, 2.45) is 0 Å². The van der Waals surface area contributed by atoms with E-state index in [9.17, 15) is 0 Å². The van der Waals surface area contributed by atoms with Gasteiger partial charge in [0.1, 0.15) is 0 Å². The Labute approximate surface area is 131 Å². The number of rotatable bonds is 2. The molecule has 5 heteroatoms. The molecule has 0 atom stereocenters. The molecule has 2 aromatic rings. The van der Waals surface area contributed by atoms with E-state index in [0.29, 0.717) is 13.1 Å². The van der Waals surface area contributed by atoms with Gasteiger partial charge in [0.15, 0.2) is 0 Å². The van der Waals surface area contributed by atoms with E-state index in [1.807, 2.05) is 60.7 Å². The van der Waals surface area contributed by atoms with Gasteiger partial charge in [0.05, 0.1) is 0 Å². The predicted molar refractivity (Wildman–Crippen MR) is 80.6 cm³/mol. The zero-order chi connectivity index (χ0) is 14.3. The number of benzene rings is 2. The van der Waals surface area contributed by atoms with Crippen LogP contribution in [0.25, 0.3) is 11.5 Å². The average molecular weight is 390 g/mol. The predicted octanol–water partition coefficient (Wildman–Crippen LogP) is 5.85. The molecule has 0 aromatic heterocycles. The number of halogens is 2. The van der Waals surface area contributed by atoms with E-state index in [1.165, 1.54) is 0 Å². The molecule has 0 fully saturated rings. The second-order valence-electron chi connectivity index (χ2n) is 3.37. The largest absolute Gasteiger partial charge is 0.674 e. The van der Waals surface area contributed by atoms with Crippen LogP contribution >= 0.6 is 19.1 Å². The molecule has 2 aromatic carbocycles. The van der Waals surface area contributed by atoms with Gasteiger partial charge in [-0.25, -0.2) is 0 Å². The summed E-state index contributed by atoms with van der Waals surface area (Å²) >= 11 is -0.106. The van der Waals surface area contributed by atoms with Crippen molar-refractivity contribution in [3.05, 3.63) is 83.3 Å². The first-order valence-corrected chi connectivity index (χ1v) is 9.48. The summed E-state index contributed by atoms with van der Waals surface area (Å²) in [4.78, 5) is 0. The Bertz CT molecular complexity index is 359. The smallest absolute Gasteiger partial charge is 0.0608 e. The third kappa shape index (κ3) is 11.2. The van der Waals surface area contributed by atoms with Crippen LogP contribution in [-0.2, 0) is 29.0 Å². The summed E-state index contributed by atoms with van der Waals surface area (Å²) in [5, 5.41) is 0. The third-order valence-electron chi connectivity index (χ3n) is 2.09. The quantitative estimate of drug-likeness (QED) is 0.578. The molecule has 0 aliphatic heterocycles. The Hall–Kier alpha value is -0.398. The first-order valence-electron chi connectivity index (χ1n) is 5.47. The summed E-state index contributed by atoms with van der Waals surface area (Å²) in [6.07, 6.45) is 0. The molecule has 0 bridgehead atoms. The Kier molecular flexibility index (Phi) is 13.7. The van der Waals surface area contributed by atoms with Crippen LogP contribution in [0, 0.1) is 0 Å². The summed E-state index contributed by atoms with van der Waals surface area (Å²) < 4.78 is 0. The van der Waals surface area contributed by atoms with E-state index in [4.69, 9.17) is 30.5 Å². The minimum atomic E-state index is -0.106. The van der Waals surface area contributed by atoms with Crippen molar-refractivity contribution in [2.75, 3.05) is 0 Å². The van der Waals surface area contributed by atoms with E-state index >= 15 is 0 Å². The van der Waals surface area contributed by atoms with Gasteiger partial charge < -0.3 is 11.5 Å². The number of nitrogens with one attached hydrogen (secondary N) is 2. The van der Waals surface area contributed by atoms with Crippen molar-refractivity contribution in [2.45, 2.75) is 13.1 Å². The van der Waals surface area contributed by atoms with Crippen LogP contribution < -0.4 is 0 Å². The molecule has 0 spiro atoms. The van der Waals surface area contributed by atoms with Crippen LogP contribution in [0.4, 0.5) is 0 Å². The molecular weight excluding hydrogens is 373 g/mol. The maximum Gasteiger partial charge on any atom is -0.0608 e. The maximum atomic E-state index is 6.94. The van der Waals surface area contributed by atoms with Gasteiger partial charge in [-0.05, 0) is 0 Å². The van der Waals surface area contributed by atoms with Crippen LogP contribution in [0.5, 0.6) is 0 Å². The SMILES string of the molecule is [Cl][Pd][Cl].[NH-]Cc1ccccc1.[NH-]Cc1ccccc1. The molecule has 19 heavy (non-hydrogen) atoms. The van der Waals surface area contributed by atoms with Crippen LogP contribution in [0.3, 0.4) is 0 Å². The first kappa shape index (κ1) is 18.6. The van der Waals surface area contributed by atoms with Gasteiger partial charge in [0.2, 0.25) is 0 Å². The van der Waals surface area contributed by atoms with Crippen molar-refractivity contribution in [1.29, 1.82) is 0 Å². The van der Waals surface area contributed by atoms with Crippen LogP contribution in [0.2, 0.25) is 0 Å². The molecule has 108 valence electrons. The molecule has 0 radical (unpaired) electrons. The van der Waals surface area contributed by atoms with Crippen LogP contribution in [0.15, 0.2) is 60.7 Å². The van der Waals surface area contributed by atoms with Gasteiger partial charge in [-0.3, -0.25) is 0 Å². The van der Waals surface area contributed by atoms with Gasteiger partial charge in [-0.1, -0.05) is 71.8 Å².